The van der Waals surface area contributed by atoms with E-state index in [1.807, 2.05) is 0 Å². The van der Waals surface area contributed by atoms with E-state index in [4.69, 9.17) is 28.0 Å². The van der Waals surface area contributed by atoms with Crippen molar-refractivity contribution in [3.8, 4) is 0 Å². The van der Waals surface area contributed by atoms with Crippen molar-refractivity contribution in [2.24, 2.45) is 17.0 Å². The molecule has 2 fully saturated rings. The Morgan fingerprint density at radius 1 is 1.17 bits per heavy atom. The summed E-state index contributed by atoms with van der Waals surface area (Å²) in [6.45, 7) is 0.817. The largest absolute Gasteiger partial charge is 0.401 e. The van der Waals surface area contributed by atoms with Gasteiger partial charge in [-0.05, 0) is 58.1 Å². The number of hydrogen-bond donors (Lipinski definition) is 1. The topological polar surface area (TPSA) is 71.0 Å². The fraction of sp³-hybridized carbons (Fsp3) is 0.375. The van der Waals surface area contributed by atoms with Crippen molar-refractivity contribution in [3.05, 3.63) is 67.1 Å². The molecule has 1 aliphatic carbocycles. The first-order chi connectivity index (χ1) is 17.0. The molecule has 1 saturated heterocycles. The monoisotopic (exact) mass is 601 g/mol. The van der Waals surface area contributed by atoms with E-state index in [1.54, 1.807) is 6.07 Å². The average molecular weight is 603 g/mol. The third kappa shape index (κ3) is 3.52. The predicted molar refractivity (Wildman–Crippen MR) is 129 cm³/mol. The van der Waals surface area contributed by atoms with Crippen LogP contribution in [0.4, 0.5) is 13.2 Å². The molecule has 4 aliphatic rings. The van der Waals surface area contributed by atoms with Crippen LogP contribution in [-0.2, 0) is 15.2 Å². The van der Waals surface area contributed by atoms with Crippen LogP contribution in [0.2, 0.25) is 10.0 Å². The van der Waals surface area contributed by atoms with Crippen molar-refractivity contribution in [2.45, 2.75) is 30.7 Å². The van der Waals surface area contributed by atoms with Gasteiger partial charge < -0.3 is 10.2 Å². The number of halogens is 6. The Labute approximate surface area is 221 Å². The molecule has 2 atom stereocenters. The third-order valence-electron chi connectivity index (χ3n) is 7.21. The molecule has 2 unspecified atom stereocenters. The zero-order valence-corrected chi connectivity index (χ0v) is 21.4. The molecule has 12 heteroatoms. The summed E-state index contributed by atoms with van der Waals surface area (Å²) in [4.78, 5) is 32.9. The van der Waals surface area contributed by atoms with Crippen LogP contribution in [-0.4, -0.2) is 41.7 Å². The molecule has 6 nitrogen and oxygen atoms in total. The van der Waals surface area contributed by atoms with Crippen LogP contribution in [0, 0.1) is 11.8 Å². The van der Waals surface area contributed by atoms with E-state index in [9.17, 15) is 22.8 Å². The lowest BCUT2D eigenvalue weighted by Gasteiger charge is -2.45. The van der Waals surface area contributed by atoms with Gasteiger partial charge in [-0.25, -0.2) is 0 Å². The Kier molecular flexibility index (Phi) is 5.50. The zero-order chi connectivity index (χ0) is 25.6. The van der Waals surface area contributed by atoms with E-state index in [0.717, 1.165) is 12.8 Å². The quantitative estimate of drug-likeness (QED) is 0.367. The average Bonchev–Trinajstić information content (AvgIpc) is 3.48. The molecule has 1 saturated carbocycles. The second-order valence-corrected chi connectivity index (χ2v) is 11.1. The molecule has 1 N–H and O–H groups in total. The van der Waals surface area contributed by atoms with Crippen LogP contribution in [0.25, 0.3) is 0 Å². The number of nitrogens with one attached hydrogen (secondary N) is 1. The summed E-state index contributed by atoms with van der Waals surface area (Å²) in [6, 6.07) is 7.21. The molecule has 6 rings (SSSR count). The van der Waals surface area contributed by atoms with Gasteiger partial charge in [0.05, 0.1) is 14.5 Å². The Morgan fingerprint density at radius 3 is 2.39 bits per heavy atom. The molecule has 3 aliphatic heterocycles. The summed E-state index contributed by atoms with van der Waals surface area (Å²) in [6.07, 6.45) is -4.76. The van der Waals surface area contributed by atoms with E-state index in [0.29, 0.717) is 23.1 Å². The molecule has 188 valence electrons. The number of amides is 2. The van der Waals surface area contributed by atoms with Crippen molar-refractivity contribution < 1.29 is 27.6 Å². The summed E-state index contributed by atoms with van der Waals surface area (Å²) in [5, 5.41) is 7.20. The molecule has 1 spiro atoms. The fourth-order valence-corrected chi connectivity index (χ4v) is 5.91. The molecule has 2 aromatic carbocycles. The lowest BCUT2D eigenvalue weighted by molar-refractivity contribution is -0.177. The molecule has 2 aromatic rings. The Bertz CT molecular complexity index is 1330. The predicted octanol–water partition coefficient (Wildman–Crippen LogP) is 5.60. The van der Waals surface area contributed by atoms with E-state index in [-0.39, 0.29) is 44.3 Å². The number of fused-ring (bicyclic) bond motifs is 2. The smallest absolute Gasteiger partial charge is 0.386 e. The highest BCUT2D eigenvalue weighted by molar-refractivity contribution is 9.10. The molecule has 36 heavy (non-hydrogen) atoms. The Morgan fingerprint density at radius 2 is 1.83 bits per heavy atom. The van der Waals surface area contributed by atoms with Crippen molar-refractivity contribution in [1.82, 2.24) is 10.2 Å². The summed E-state index contributed by atoms with van der Waals surface area (Å²) in [7, 11) is 0. The molecule has 0 bridgehead atoms. The van der Waals surface area contributed by atoms with Gasteiger partial charge in [-0.3, -0.25) is 14.5 Å². The minimum Gasteiger partial charge on any atom is -0.386 e. The normalized spacial score (nSPS) is 24.4. The van der Waals surface area contributed by atoms with Gasteiger partial charge in [-0.1, -0.05) is 40.5 Å². The van der Waals surface area contributed by atoms with Gasteiger partial charge in [-0.15, -0.1) is 0 Å². The highest BCUT2D eigenvalue weighted by Gasteiger charge is 2.59. The number of benzene rings is 2. The van der Waals surface area contributed by atoms with E-state index < -0.39 is 29.6 Å². The summed E-state index contributed by atoms with van der Waals surface area (Å²) in [5.41, 5.74) is -0.0855. The number of oxime groups is 1. The number of rotatable bonds is 3. The van der Waals surface area contributed by atoms with Gasteiger partial charge in [-0.2, -0.15) is 13.2 Å². The van der Waals surface area contributed by atoms with Gasteiger partial charge in [0.25, 0.3) is 5.91 Å². The lowest BCUT2D eigenvalue weighted by Crippen LogP contribution is -2.66. The van der Waals surface area contributed by atoms with Crippen LogP contribution < -0.4 is 5.32 Å². The minimum absolute atomic E-state index is 0.101. The standard InChI is InChI=1S/C24H17BrCl2F3N3O3/c25-18-15(26)6-12(7-16(18)27)20-17(24(28,29)30)19(32-36-20)11-3-4-14-13(5-11)22(35)33(21(34)10-1-2-10)23(14)8-31-9-23/h3-7,10,17,20,31H,1-2,8-9H2. The molecular weight excluding hydrogens is 586 g/mol. The zero-order valence-electron chi connectivity index (χ0n) is 18.3. The molecule has 3 heterocycles. The Hall–Kier alpha value is -2.14. The molecule has 0 radical (unpaired) electrons. The number of carbonyl (C=O) groups is 2. The maximum absolute atomic E-state index is 14.3. The summed E-state index contributed by atoms with van der Waals surface area (Å²) < 4.78 is 43.4. The van der Waals surface area contributed by atoms with Crippen LogP contribution in [0.3, 0.4) is 0 Å². The fourth-order valence-electron chi connectivity index (χ4n) is 5.18. The van der Waals surface area contributed by atoms with Crippen LogP contribution in [0.15, 0.2) is 40.0 Å². The maximum atomic E-state index is 14.3. The third-order valence-corrected chi connectivity index (χ3v) is 9.12. The van der Waals surface area contributed by atoms with Gasteiger partial charge >= 0.3 is 6.18 Å². The van der Waals surface area contributed by atoms with Gasteiger partial charge in [0.15, 0.2) is 6.10 Å². The van der Waals surface area contributed by atoms with Crippen LogP contribution >= 0.6 is 39.1 Å². The lowest BCUT2D eigenvalue weighted by atomic mass is 9.82. The first kappa shape index (κ1) is 24.2. The number of hydrogen-bond acceptors (Lipinski definition) is 5. The number of imide groups is 1. The van der Waals surface area contributed by atoms with Gasteiger partial charge in [0.1, 0.15) is 17.2 Å². The highest BCUT2D eigenvalue weighted by atomic mass is 79.9. The first-order valence-electron chi connectivity index (χ1n) is 11.2. The SMILES string of the molecule is O=C1c2cc(C3=NOC(c4cc(Cl)c(Br)c(Cl)c4)C3C(F)(F)F)ccc2C2(CNC2)N1C(=O)C1CC1. The number of carbonyl (C=O) groups excluding carboxylic acids is 2. The van der Waals surface area contributed by atoms with Crippen molar-refractivity contribution in [1.29, 1.82) is 0 Å². The summed E-state index contributed by atoms with van der Waals surface area (Å²) in [5.74, 6) is -3.01. The van der Waals surface area contributed by atoms with E-state index in [1.165, 1.54) is 29.2 Å². The number of nitrogens with zero attached hydrogens (tertiary/aromatic N) is 2. The van der Waals surface area contributed by atoms with Crippen molar-refractivity contribution >= 4 is 56.7 Å². The summed E-state index contributed by atoms with van der Waals surface area (Å²) >= 11 is 15.4. The second kappa shape index (κ2) is 8.18. The first-order valence-corrected chi connectivity index (χ1v) is 12.8. The van der Waals surface area contributed by atoms with E-state index >= 15 is 0 Å². The minimum atomic E-state index is -4.72. The van der Waals surface area contributed by atoms with Gasteiger partial charge in [0, 0.05) is 30.1 Å². The molecule has 2 amide bonds. The van der Waals surface area contributed by atoms with Crippen LogP contribution in [0.5, 0.6) is 0 Å². The molecular formula is C24H17BrCl2F3N3O3. The van der Waals surface area contributed by atoms with Crippen molar-refractivity contribution in [3.63, 3.8) is 0 Å². The van der Waals surface area contributed by atoms with Crippen molar-refractivity contribution in [2.75, 3.05) is 13.1 Å². The highest BCUT2D eigenvalue weighted by Crippen LogP contribution is 2.49. The second-order valence-electron chi connectivity index (χ2n) is 9.47. The van der Waals surface area contributed by atoms with Gasteiger partial charge in [0.2, 0.25) is 5.91 Å². The maximum Gasteiger partial charge on any atom is 0.401 e. The van der Waals surface area contributed by atoms with Crippen LogP contribution in [0.1, 0.15) is 46.0 Å². The Balaban J connectivity index is 1.39. The molecule has 0 aromatic heterocycles. The van der Waals surface area contributed by atoms with E-state index in [2.05, 4.69) is 26.4 Å². The number of alkyl halides is 3.